The molecule has 0 aliphatic rings. The number of rotatable bonds is 8. The van der Waals surface area contributed by atoms with Crippen LogP contribution in [0.3, 0.4) is 0 Å². The number of H-pyrrole nitrogens is 1. The second-order valence-electron chi connectivity index (χ2n) is 7.82. The standard InChI is InChI=1S/C23H24I2N4O4/c1-13(2)12-33-23(32)28-20(9-15-11-26-19-6-4-3-5-16(15)19)22(31)29-27-10-14-7-17(24)21(30)18(25)8-14/h3-8,10-11,13,20,26,30H,9,12H2,1-2H3,(H,28,32)(H,29,31)/b27-10-/t20-/m1/s1. The van der Waals surface area contributed by atoms with Crippen molar-refractivity contribution in [3.05, 3.63) is 60.9 Å². The highest BCUT2D eigenvalue weighted by molar-refractivity contribution is 14.1. The summed E-state index contributed by atoms with van der Waals surface area (Å²) in [5.41, 5.74) is 5.06. The summed E-state index contributed by atoms with van der Waals surface area (Å²) >= 11 is 4.05. The molecule has 0 radical (unpaired) electrons. The van der Waals surface area contributed by atoms with Crippen molar-refractivity contribution < 1.29 is 19.4 Å². The molecule has 2 amide bonds. The number of carbonyl (C=O) groups is 2. The third-order valence-electron chi connectivity index (χ3n) is 4.68. The van der Waals surface area contributed by atoms with Crippen molar-refractivity contribution in [1.29, 1.82) is 0 Å². The SMILES string of the molecule is CC(C)COC(=O)N[C@H](Cc1c[nH]c2ccccc12)C(=O)N/N=C\c1cc(I)c(O)c(I)c1. The summed E-state index contributed by atoms with van der Waals surface area (Å²) in [5, 5.41) is 17.6. The lowest BCUT2D eigenvalue weighted by atomic mass is 10.0. The molecule has 3 rings (SSSR count). The number of aromatic amines is 1. The van der Waals surface area contributed by atoms with E-state index in [0.29, 0.717) is 7.14 Å². The molecule has 4 N–H and O–H groups in total. The molecule has 2 aromatic carbocycles. The number of amides is 2. The van der Waals surface area contributed by atoms with Gasteiger partial charge in [-0.2, -0.15) is 5.10 Å². The maximum atomic E-state index is 12.9. The van der Waals surface area contributed by atoms with Crippen LogP contribution in [-0.4, -0.2) is 41.0 Å². The predicted octanol–water partition coefficient (Wildman–Crippen LogP) is 4.53. The Bertz CT molecular complexity index is 1150. The lowest BCUT2D eigenvalue weighted by Gasteiger charge is -2.17. The Balaban J connectivity index is 1.74. The van der Waals surface area contributed by atoms with Gasteiger partial charge in [0.1, 0.15) is 11.8 Å². The fourth-order valence-electron chi connectivity index (χ4n) is 3.06. The van der Waals surface area contributed by atoms with Crippen LogP contribution in [0.4, 0.5) is 4.79 Å². The molecule has 0 saturated heterocycles. The molecule has 33 heavy (non-hydrogen) atoms. The van der Waals surface area contributed by atoms with Crippen molar-refractivity contribution >= 4 is 74.3 Å². The lowest BCUT2D eigenvalue weighted by molar-refractivity contribution is -0.123. The molecular formula is C23H24I2N4O4. The first-order valence-corrected chi connectivity index (χ1v) is 12.4. The summed E-state index contributed by atoms with van der Waals surface area (Å²) in [6, 6.07) is 10.4. The number of nitrogens with one attached hydrogen (secondary N) is 3. The fraction of sp³-hybridized carbons (Fsp3) is 0.261. The van der Waals surface area contributed by atoms with E-state index in [1.165, 1.54) is 6.21 Å². The number of aromatic hydroxyl groups is 1. The van der Waals surface area contributed by atoms with Crippen molar-refractivity contribution in [3.8, 4) is 5.75 Å². The quantitative estimate of drug-likeness (QED) is 0.160. The second kappa shape index (κ2) is 11.7. The van der Waals surface area contributed by atoms with Crippen LogP contribution < -0.4 is 10.7 Å². The van der Waals surface area contributed by atoms with Crippen molar-refractivity contribution in [2.24, 2.45) is 11.0 Å². The molecule has 0 spiro atoms. The summed E-state index contributed by atoms with van der Waals surface area (Å²) in [6.45, 7) is 4.12. The Morgan fingerprint density at radius 2 is 1.91 bits per heavy atom. The molecular weight excluding hydrogens is 650 g/mol. The predicted molar refractivity (Wildman–Crippen MR) is 144 cm³/mol. The number of hydrogen-bond donors (Lipinski definition) is 4. The van der Waals surface area contributed by atoms with E-state index in [9.17, 15) is 14.7 Å². The maximum absolute atomic E-state index is 12.9. The van der Waals surface area contributed by atoms with Crippen molar-refractivity contribution in [2.75, 3.05) is 6.61 Å². The largest absolute Gasteiger partial charge is 0.506 e. The normalized spacial score (nSPS) is 12.3. The number of nitrogens with zero attached hydrogens (tertiary/aromatic N) is 1. The Morgan fingerprint density at radius 1 is 1.21 bits per heavy atom. The number of benzene rings is 2. The third-order valence-corrected chi connectivity index (χ3v) is 6.33. The first-order chi connectivity index (χ1) is 15.7. The van der Waals surface area contributed by atoms with E-state index < -0.39 is 18.0 Å². The Labute approximate surface area is 218 Å². The van der Waals surface area contributed by atoms with Crippen molar-refractivity contribution in [1.82, 2.24) is 15.7 Å². The Hall–Kier alpha value is -2.35. The molecule has 0 bridgehead atoms. The van der Waals surface area contributed by atoms with E-state index in [2.05, 4.69) is 20.8 Å². The number of phenols is 1. The molecule has 1 aromatic heterocycles. The highest BCUT2D eigenvalue weighted by Gasteiger charge is 2.23. The van der Waals surface area contributed by atoms with Gasteiger partial charge < -0.3 is 20.1 Å². The molecule has 8 nitrogen and oxygen atoms in total. The van der Waals surface area contributed by atoms with E-state index in [0.717, 1.165) is 22.0 Å². The molecule has 0 saturated carbocycles. The monoisotopic (exact) mass is 674 g/mol. The number of para-hydroxylation sites is 1. The maximum Gasteiger partial charge on any atom is 0.407 e. The van der Waals surface area contributed by atoms with E-state index in [4.69, 9.17) is 4.74 Å². The number of halogens is 2. The number of alkyl carbamates (subject to hydrolysis) is 1. The third kappa shape index (κ3) is 7.06. The zero-order chi connectivity index (χ0) is 24.0. The van der Waals surface area contributed by atoms with Gasteiger partial charge >= 0.3 is 6.09 Å². The summed E-state index contributed by atoms with van der Waals surface area (Å²) in [6.07, 6.45) is 2.92. The highest BCUT2D eigenvalue weighted by atomic mass is 127. The molecule has 3 aromatic rings. The number of aromatic nitrogens is 1. The van der Waals surface area contributed by atoms with Gasteiger partial charge in [0.2, 0.25) is 0 Å². The Kier molecular flexibility index (Phi) is 8.95. The van der Waals surface area contributed by atoms with Crippen LogP contribution in [0.2, 0.25) is 0 Å². The number of ether oxygens (including phenoxy) is 1. The number of fused-ring (bicyclic) bond motifs is 1. The number of hydrogen-bond acceptors (Lipinski definition) is 5. The van der Waals surface area contributed by atoms with Gasteiger partial charge in [-0.3, -0.25) is 4.79 Å². The summed E-state index contributed by atoms with van der Waals surface area (Å²) in [5.74, 6) is -0.0846. The summed E-state index contributed by atoms with van der Waals surface area (Å²) < 4.78 is 6.56. The van der Waals surface area contributed by atoms with E-state index in [-0.39, 0.29) is 24.7 Å². The molecule has 10 heteroatoms. The average Bonchev–Trinajstić information content (AvgIpc) is 3.18. The number of hydrazone groups is 1. The average molecular weight is 674 g/mol. The first kappa shape index (κ1) is 25.3. The zero-order valence-electron chi connectivity index (χ0n) is 18.1. The molecule has 0 fully saturated rings. The van der Waals surface area contributed by atoms with Gasteiger partial charge in [0.05, 0.1) is 20.0 Å². The minimum Gasteiger partial charge on any atom is -0.506 e. The van der Waals surface area contributed by atoms with Gasteiger partial charge in [-0.15, -0.1) is 0 Å². The molecule has 0 unspecified atom stereocenters. The van der Waals surface area contributed by atoms with Crippen molar-refractivity contribution in [3.63, 3.8) is 0 Å². The van der Waals surface area contributed by atoms with Crippen LogP contribution in [0.1, 0.15) is 25.0 Å². The van der Waals surface area contributed by atoms with E-state index >= 15 is 0 Å². The topological polar surface area (TPSA) is 116 Å². The molecule has 1 heterocycles. The fourth-order valence-corrected chi connectivity index (χ4v) is 4.88. The smallest absolute Gasteiger partial charge is 0.407 e. The van der Waals surface area contributed by atoms with Gasteiger partial charge in [0, 0.05) is 23.5 Å². The molecule has 0 aliphatic carbocycles. The van der Waals surface area contributed by atoms with Crippen LogP contribution in [0.25, 0.3) is 10.9 Å². The van der Waals surface area contributed by atoms with E-state index in [1.54, 1.807) is 12.1 Å². The minimum absolute atomic E-state index is 0.178. The molecule has 1 atom stereocenters. The lowest BCUT2D eigenvalue weighted by Crippen LogP contribution is -2.47. The molecule has 0 aliphatic heterocycles. The first-order valence-electron chi connectivity index (χ1n) is 10.2. The van der Waals surface area contributed by atoms with E-state index in [1.807, 2.05) is 89.5 Å². The number of phenolic OH excluding ortho intramolecular Hbond substituents is 1. The summed E-state index contributed by atoms with van der Waals surface area (Å²) in [4.78, 5) is 28.4. The zero-order valence-corrected chi connectivity index (χ0v) is 22.4. The molecule has 174 valence electrons. The van der Waals surface area contributed by atoms with Crippen LogP contribution in [-0.2, 0) is 16.0 Å². The van der Waals surface area contributed by atoms with Gasteiger partial charge in [0.25, 0.3) is 5.91 Å². The van der Waals surface area contributed by atoms with Gasteiger partial charge in [0.15, 0.2) is 0 Å². The number of carbonyl (C=O) groups excluding carboxylic acids is 2. The van der Waals surface area contributed by atoms with Crippen LogP contribution >= 0.6 is 45.2 Å². The highest BCUT2D eigenvalue weighted by Crippen LogP contribution is 2.26. The van der Waals surface area contributed by atoms with Crippen LogP contribution in [0, 0.1) is 13.1 Å². The van der Waals surface area contributed by atoms with Gasteiger partial charge in [-0.1, -0.05) is 32.0 Å². The minimum atomic E-state index is -0.888. The Morgan fingerprint density at radius 3 is 2.61 bits per heavy atom. The van der Waals surface area contributed by atoms with Crippen LogP contribution in [0.5, 0.6) is 5.75 Å². The van der Waals surface area contributed by atoms with Crippen molar-refractivity contribution in [2.45, 2.75) is 26.3 Å². The van der Waals surface area contributed by atoms with Crippen LogP contribution in [0.15, 0.2) is 47.7 Å². The van der Waals surface area contributed by atoms with Gasteiger partial charge in [-0.25, -0.2) is 10.2 Å². The summed E-state index contributed by atoms with van der Waals surface area (Å²) in [7, 11) is 0. The second-order valence-corrected chi connectivity index (χ2v) is 10.1. The van der Waals surface area contributed by atoms with Gasteiger partial charge in [-0.05, 0) is 80.4 Å².